The number of thioether (sulfide) groups is 1. The van der Waals surface area contributed by atoms with Gasteiger partial charge in [0, 0.05) is 16.5 Å². The molecule has 29 heavy (non-hydrogen) atoms. The first-order valence-electron chi connectivity index (χ1n) is 8.47. The number of ether oxygens (including phenoxy) is 1. The summed E-state index contributed by atoms with van der Waals surface area (Å²) in [5.41, 5.74) is 2.60. The summed E-state index contributed by atoms with van der Waals surface area (Å²) in [6.45, 7) is 0. The van der Waals surface area contributed by atoms with Crippen molar-refractivity contribution in [2.45, 2.75) is 4.21 Å². The van der Waals surface area contributed by atoms with E-state index < -0.39 is 0 Å². The Bertz CT molecular complexity index is 1250. The van der Waals surface area contributed by atoms with Gasteiger partial charge in [-0.25, -0.2) is 4.98 Å². The van der Waals surface area contributed by atoms with E-state index in [9.17, 15) is 4.79 Å². The highest BCUT2D eigenvalue weighted by atomic mass is 32.2. The van der Waals surface area contributed by atoms with Gasteiger partial charge in [0.25, 0.3) is 5.91 Å². The van der Waals surface area contributed by atoms with Crippen LogP contribution in [0.1, 0.15) is 21.7 Å². The van der Waals surface area contributed by atoms with Crippen LogP contribution in [0.3, 0.4) is 0 Å². The summed E-state index contributed by atoms with van der Waals surface area (Å²) in [6.07, 6.45) is 5.24. The monoisotopic (exact) mass is 421 g/mol. The summed E-state index contributed by atoms with van der Waals surface area (Å²) in [6, 6.07) is 9.09. The molecule has 0 aliphatic carbocycles. The Hall–Kier alpha value is -3.35. The molecule has 4 aromatic rings. The van der Waals surface area contributed by atoms with Crippen molar-refractivity contribution in [3.05, 3.63) is 65.1 Å². The summed E-state index contributed by atoms with van der Waals surface area (Å²) in [4.78, 5) is 16.6. The van der Waals surface area contributed by atoms with Crippen molar-refractivity contribution in [3.63, 3.8) is 0 Å². The Labute approximate surface area is 175 Å². The zero-order valence-electron chi connectivity index (χ0n) is 15.5. The molecule has 0 radical (unpaired) electrons. The van der Waals surface area contributed by atoms with E-state index in [1.54, 1.807) is 65.2 Å². The molecule has 1 aromatic carbocycles. The number of aromatic nitrogens is 4. The topological polar surface area (TPSA) is 81.4 Å². The molecule has 7 nitrogen and oxygen atoms in total. The average Bonchev–Trinajstić information content (AvgIpc) is 3.38. The predicted octanol–water partition coefficient (Wildman–Crippen LogP) is 3.57. The summed E-state index contributed by atoms with van der Waals surface area (Å²) in [7, 11) is 1.54. The van der Waals surface area contributed by atoms with Crippen molar-refractivity contribution in [2.75, 3.05) is 18.7 Å². The number of methoxy groups -OCH3 is 1. The number of nitrogens with zero attached hydrogens (tertiary/aromatic N) is 4. The first-order chi connectivity index (χ1) is 14.2. The predicted molar refractivity (Wildman–Crippen MR) is 114 cm³/mol. The highest BCUT2D eigenvalue weighted by Gasteiger charge is 2.08. The van der Waals surface area contributed by atoms with E-state index in [0.717, 1.165) is 9.90 Å². The molecule has 0 fully saturated rings. The number of fused-ring (bicyclic) bond motifs is 1. The summed E-state index contributed by atoms with van der Waals surface area (Å²) in [5.74, 6) is 6.74. The first kappa shape index (κ1) is 19.0. The molecule has 3 aromatic heterocycles. The number of carbonyl (C=O) groups is 1. The van der Waals surface area contributed by atoms with Gasteiger partial charge in [-0.2, -0.15) is 0 Å². The number of hydrogen-bond donors (Lipinski definition) is 1. The minimum absolute atomic E-state index is 0.178. The summed E-state index contributed by atoms with van der Waals surface area (Å²) >= 11 is 3.24. The largest absolute Gasteiger partial charge is 0.480 e. The number of thiophene rings is 1. The lowest BCUT2D eigenvalue weighted by Crippen LogP contribution is -2.11. The van der Waals surface area contributed by atoms with Crippen LogP contribution >= 0.6 is 23.1 Å². The third-order valence-corrected chi connectivity index (χ3v) is 5.99. The molecule has 144 valence electrons. The molecule has 0 aliphatic rings. The summed E-state index contributed by atoms with van der Waals surface area (Å²) < 4.78 is 7.98. The Balaban J connectivity index is 1.56. The van der Waals surface area contributed by atoms with Gasteiger partial charge in [0.15, 0.2) is 5.65 Å². The lowest BCUT2D eigenvalue weighted by molar-refractivity contribution is 0.102. The normalized spacial score (nSPS) is 10.4. The molecule has 4 rings (SSSR count). The van der Waals surface area contributed by atoms with Crippen molar-refractivity contribution >= 4 is 40.3 Å². The van der Waals surface area contributed by atoms with Gasteiger partial charge in [-0.15, -0.1) is 33.3 Å². The fraction of sp³-hybridized carbons (Fsp3) is 0.100. The highest BCUT2D eigenvalue weighted by Crippen LogP contribution is 2.27. The molecule has 0 unspecified atom stereocenters. The Morgan fingerprint density at radius 3 is 2.97 bits per heavy atom. The van der Waals surface area contributed by atoms with Crippen LogP contribution in [0, 0.1) is 11.8 Å². The van der Waals surface area contributed by atoms with E-state index >= 15 is 0 Å². The fourth-order valence-corrected chi connectivity index (χ4v) is 3.87. The standard InChI is InChI=1S/C20H15N5O2S2/c1-27-18-11-25-16(23-24-17(25)10-21-18)7-6-13-4-3-5-14(8-13)20(26)22-15-9-19(28-2)29-12-15/h3-5,8-12H,1-2H3,(H,22,26). The number of rotatable bonds is 4. The highest BCUT2D eigenvalue weighted by molar-refractivity contribution is 8.00. The number of nitrogens with one attached hydrogen (secondary N) is 1. The van der Waals surface area contributed by atoms with Crippen LogP contribution in [0.5, 0.6) is 5.88 Å². The van der Waals surface area contributed by atoms with Gasteiger partial charge in [0.2, 0.25) is 11.7 Å². The van der Waals surface area contributed by atoms with Crippen LogP contribution in [-0.4, -0.2) is 38.9 Å². The molecule has 0 aliphatic heterocycles. The number of hydrogen-bond acceptors (Lipinski definition) is 7. The van der Waals surface area contributed by atoms with Crippen LogP contribution in [0.2, 0.25) is 0 Å². The zero-order valence-corrected chi connectivity index (χ0v) is 17.2. The Morgan fingerprint density at radius 1 is 1.28 bits per heavy atom. The van der Waals surface area contributed by atoms with E-state index in [1.807, 2.05) is 23.8 Å². The van der Waals surface area contributed by atoms with Crippen LogP contribution in [0.25, 0.3) is 5.65 Å². The number of anilines is 1. The first-order valence-corrected chi connectivity index (χ1v) is 10.6. The Kier molecular flexibility index (Phi) is 5.46. The van der Waals surface area contributed by atoms with E-state index in [1.165, 1.54) is 0 Å². The molecule has 0 atom stereocenters. The molecule has 1 N–H and O–H groups in total. The van der Waals surface area contributed by atoms with Gasteiger partial charge in [0.05, 0.1) is 29.4 Å². The average molecular weight is 422 g/mol. The maximum atomic E-state index is 12.5. The molecular weight excluding hydrogens is 406 g/mol. The van der Waals surface area contributed by atoms with E-state index in [-0.39, 0.29) is 5.91 Å². The van der Waals surface area contributed by atoms with Gasteiger partial charge in [-0.3, -0.25) is 9.20 Å². The number of benzene rings is 1. The minimum Gasteiger partial charge on any atom is -0.480 e. The van der Waals surface area contributed by atoms with Gasteiger partial charge in [0.1, 0.15) is 0 Å². The van der Waals surface area contributed by atoms with Crippen LogP contribution in [0.15, 0.2) is 52.3 Å². The zero-order chi connectivity index (χ0) is 20.2. The van der Waals surface area contributed by atoms with Crippen molar-refractivity contribution in [3.8, 4) is 17.7 Å². The third-order valence-electron chi connectivity index (χ3n) is 3.96. The SMILES string of the molecule is COc1cn2c(C#Cc3cccc(C(=O)Nc4csc(SC)c4)c3)nnc2cn1. The van der Waals surface area contributed by atoms with Crippen molar-refractivity contribution in [1.82, 2.24) is 19.6 Å². The maximum Gasteiger partial charge on any atom is 0.255 e. The lowest BCUT2D eigenvalue weighted by Gasteiger charge is -2.03. The molecule has 9 heteroatoms. The molecule has 0 saturated carbocycles. The van der Waals surface area contributed by atoms with Crippen LogP contribution < -0.4 is 10.1 Å². The van der Waals surface area contributed by atoms with Gasteiger partial charge in [-0.1, -0.05) is 12.0 Å². The minimum atomic E-state index is -0.178. The summed E-state index contributed by atoms with van der Waals surface area (Å²) in [5, 5.41) is 12.9. The number of carbonyl (C=O) groups excluding carboxylic acids is 1. The van der Waals surface area contributed by atoms with E-state index in [2.05, 4.69) is 32.3 Å². The smallest absolute Gasteiger partial charge is 0.255 e. The second-order valence-corrected chi connectivity index (χ2v) is 7.84. The fourth-order valence-electron chi connectivity index (χ4n) is 2.53. The van der Waals surface area contributed by atoms with Gasteiger partial charge in [-0.05, 0) is 36.4 Å². The third kappa shape index (κ3) is 4.23. The van der Waals surface area contributed by atoms with Crippen molar-refractivity contribution < 1.29 is 9.53 Å². The molecule has 0 spiro atoms. The molecule has 0 bridgehead atoms. The van der Waals surface area contributed by atoms with Gasteiger partial charge < -0.3 is 10.1 Å². The van der Waals surface area contributed by atoms with Crippen molar-refractivity contribution in [1.29, 1.82) is 0 Å². The second-order valence-electron chi connectivity index (χ2n) is 5.82. The van der Waals surface area contributed by atoms with E-state index in [4.69, 9.17) is 4.74 Å². The van der Waals surface area contributed by atoms with Crippen LogP contribution in [0.4, 0.5) is 5.69 Å². The van der Waals surface area contributed by atoms with E-state index in [0.29, 0.717) is 28.5 Å². The lowest BCUT2D eigenvalue weighted by atomic mass is 10.1. The maximum absolute atomic E-state index is 12.5. The van der Waals surface area contributed by atoms with Crippen LogP contribution in [-0.2, 0) is 0 Å². The molecule has 0 saturated heterocycles. The Morgan fingerprint density at radius 2 is 2.17 bits per heavy atom. The quantitative estimate of drug-likeness (QED) is 0.401. The molecule has 3 heterocycles. The molecular formula is C20H15N5O2S2. The van der Waals surface area contributed by atoms with Crippen molar-refractivity contribution in [2.24, 2.45) is 0 Å². The molecule has 1 amide bonds. The second kappa shape index (κ2) is 8.34. The number of amides is 1. The van der Waals surface area contributed by atoms with Gasteiger partial charge >= 0.3 is 0 Å².